The second-order valence-electron chi connectivity index (χ2n) is 4.94. The van der Waals surface area contributed by atoms with Crippen LogP contribution in [0.25, 0.3) is 21.9 Å². The van der Waals surface area contributed by atoms with Crippen molar-refractivity contribution in [2.45, 2.75) is 13.3 Å². The minimum absolute atomic E-state index is 0.907. The minimum atomic E-state index is 0.907. The van der Waals surface area contributed by atoms with Crippen LogP contribution in [0.15, 0.2) is 60.7 Å². The molecule has 0 aliphatic heterocycles. The van der Waals surface area contributed by atoms with E-state index in [1.165, 1.54) is 27.5 Å². The number of aryl methyl sites for hydroxylation is 1. The Hall–Kier alpha value is -2.28. The highest BCUT2D eigenvalue weighted by Crippen LogP contribution is 2.30. The largest absolute Gasteiger partial charge is 0.497 e. The van der Waals surface area contributed by atoms with Crippen molar-refractivity contribution in [3.8, 4) is 16.9 Å². The second kappa shape index (κ2) is 5.38. The summed E-state index contributed by atoms with van der Waals surface area (Å²) in [6, 6.07) is 21.4. The van der Waals surface area contributed by atoms with E-state index in [1.807, 2.05) is 12.1 Å². The molecular formula is C19H18O. The first-order valence-corrected chi connectivity index (χ1v) is 6.98. The first-order chi connectivity index (χ1) is 9.81. The summed E-state index contributed by atoms with van der Waals surface area (Å²) < 4.78 is 5.34. The van der Waals surface area contributed by atoms with E-state index in [0.717, 1.165) is 12.2 Å². The molecule has 0 aliphatic rings. The fourth-order valence-corrected chi connectivity index (χ4v) is 2.64. The van der Waals surface area contributed by atoms with Crippen molar-refractivity contribution in [1.29, 1.82) is 0 Å². The molecule has 0 fully saturated rings. The molecule has 0 amide bonds. The van der Waals surface area contributed by atoms with Crippen molar-refractivity contribution in [2.75, 3.05) is 7.11 Å². The standard InChI is InChI=1S/C19H18O/c1-3-14-11-16(15-7-5-4-6-8-15)12-17-13-18(20-2)9-10-19(14)17/h4-13H,3H2,1-2H3. The lowest BCUT2D eigenvalue weighted by Gasteiger charge is -2.10. The van der Waals surface area contributed by atoms with Gasteiger partial charge in [-0.15, -0.1) is 0 Å². The number of hydrogen-bond donors (Lipinski definition) is 0. The van der Waals surface area contributed by atoms with Crippen molar-refractivity contribution in [3.63, 3.8) is 0 Å². The van der Waals surface area contributed by atoms with E-state index in [-0.39, 0.29) is 0 Å². The molecule has 0 unspecified atom stereocenters. The predicted octanol–water partition coefficient (Wildman–Crippen LogP) is 5.08. The predicted molar refractivity (Wildman–Crippen MR) is 85.3 cm³/mol. The van der Waals surface area contributed by atoms with Crippen molar-refractivity contribution in [3.05, 3.63) is 66.2 Å². The van der Waals surface area contributed by atoms with Crippen molar-refractivity contribution < 1.29 is 4.74 Å². The number of fused-ring (bicyclic) bond motifs is 1. The molecule has 3 rings (SSSR count). The van der Waals surface area contributed by atoms with E-state index >= 15 is 0 Å². The zero-order valence-electron chi connectivity index (χ0n) is 11.9. The van der Waals surface area contributed by atoms with Gasteiger partial charge in [0.15, 0.2) is 0 Å². The molecule has 0 bridgehead atoms. The molecule has 3 aromatic carbocycles. The molecule has 0 atom stereocenters. The Labute approximate surface area is 119 Å². The molecule has 1 heteroatoms. The van der Waals surface area contributed by atoms with Crippen LogP contribution in [0.1, 0.15) is 12.5 Å². The van der Waals surface area contributed by atoms with E-state index < -0.39 is 0 Å². The summed E-state index contributed by atoms with van der Waals surface area (Å²) in [6.07, 6.45) is 1.03. The maximum atomic E-state index is 5.34. The van der Waals surface area contributed by atoms with E-state index in [4.69, 9.17) is 4.74 Å². The Morgan fingerprint density at radius 1 is 0.850 bits per heavy atom. The van der Waals surface area contributed by atoms with E-state index in [0.29, 0.717) is 0 Å². The molecule has 3 aromatic rings. The van der Waals surface area contributed by atoms with Gasteiger partial charge in [0.05, 0.1) is 7.11 Å². The lowest BCUT2D eigenvalue weighted by molar-refractivity contribution is 0.415. The summed E-state index contributed by atoms with van der Waals surface area (Å²) >= 11 is 0. The quantitative estimate of drug-likeness (QED) is 0.639. The lowest BCUT2D eigenvalue weighted by Crippen LogP contribution is -1.89. The minimum Gasteiger partial charge on any atom is -0.497 e. The molecule has 0 aromatic heterocycles. The van der Waals surface area contributed by atoms with Crippen LogP contribution in [0.3, 0.4) is 0 Å². The van der Waals surface area contributed by atoms with Crippen molar-refractivity contribution >= 4 is 10.8 Å². The smallest absolute Gasteiger partial charge is 0.119 e. The third-order valence-electron chi connectivity index (χ3n) is 3.73. The van der Waals surface area contributed by atoms with Gasteiger partial charge in [-0.3, -0.25) is 0 Å². The number of methoxy groups -OCH3 is 1. The van der Waals surface area contributed by atoms with Crippen LogP contribution in [0.5, 0.6) is 5.75 Å². The molecule has 0 saturated heterocycles. The molecule has 0 N–H and O–H groups in total. The van der Waals surface area contributed by atoms with Crippen LogP contribution in [-0.2, 0) is 6.42 Å². The summed E-state index contributed by atoms with van der Waals surface area (Å²) in [5.74, 6) is 0.907. The lowest BCUT2D eigenvalue weighted by atomic mass is 9.95. The molecule has 0 aliphatic carbocycles. The molecule has 100 valence electrons. The fourth-order valence-electron chi connectivity index (χ4n) is 2.64. The van der Waals surface area contributed by atoms with Gasteiger partial charge in [-0.2, -0.15) is 0 Å². The maximum Gasteiger partial charge on any atom is 0.119 e. The topological polar surface area (TPSA) is 9.23 Å². The number of rotatable bonds is 3. The van der Waals surface area contributed by atoms with E-state index in [2.05, 4.69) is 55.5 Å². The highest BCUT2D eigenvalue weighted by Gasteiger charge is 2.06. The van der Waals surface area contributed by atoms with Gasteiger partial charge >= 0.3 is 0 Å². The van der Waals surface area contributed by atoms with Gasteiger partial charge in [-0.1, -0.05) is 49.4 Å². The van der Waals surface area contributed by atoms with Gasteiger partial charge in [0.2, 0.25) is 0 Å². The molecule has 0 spiro atoms. The Morgan fingerprint density at radius 2 is 1.65 bits per heavy atom. The van der Waals surface area contributed by atoms with Gasteiger partial charge in [-0.05, 0) is 52.1 Å². The Morgan fingerprint density at radius 3 is 2.35 bits per heavy atom. The molecule has 0 radical (unpaired) electrons. The summed E-state index contributed by atoms with van der Waals surface area (Å²) in [5, 5.41) is 2.55. The average molecular weight is 262 g/mol. The van der Waals surface area contributed by atoms with E-state index in [1.54, 1.807) is 7.11 Å². The second-order valence-corrected chi connectivity index (χ2v) is 4.94. The van der Waals surface area contributed by atoms with Gasteiger partial charge < -0.3 is 4.74 Å². The van der Waals surface area contributed by atoms with Gasteiger partial charge in [0.25, 0.3) is 0 Å². The monoisotopic (exact) mass is 262 g/mol. The highest BCUT2D eigenvalue weighted by atomic mass is 16.5. The number of benzene rings is 3. The zero-order chi connectivity index (χ0) is 13.9. The summed E-state index contributed by atoms with van der Waals surface area (Å²) in [4.78, 5) is 0. The average Bonchev–Trinajstić information content (AvgIpc) is 2.54. The fraction of sp³-hybridized carbons (Fsp3) is 0.158. The third-order valence-corrected chi connectivity index (χ3v) is 3.73. The zero-order valence-corrected chi connectivity index (χ0v) is 11.9. The first-order valence-electron chi connectivity index (χ1n) is 6.98. The maximum absolute atomic E-state index is 5.34. The van der Waals surface area contributed by atoms with Gasteiger partial charge in [0.1, 0.15) is 5.75 Å². The molecule has 20 heavy (non-hydrogen) atoms. The summed E-state index contributed by atoms with van der Waals surface area (Å²) in [7, 11) is 1.71. The third kappa shape index (κ3) is 2.27. The summed E-state index contributed by atoms with van der Waals surface area (Å²) in [6.45, 7) is 2.20. The number of hydrogen-bond acceptors (Lipinski definition) is 1. The molecule has 0 heterocycles. The Kier molecular flexibility index (Phi) is 3.42. The normalized spacial score (nSPS) is 10.7. The Bertz CT molecular complexity index is 729. The SMILES string of the molecule is CCc1cc(-c2ccccc2)cc2cc(OC)ccc12. The van der Waals surface area contributed by atoms with Crippen LogP contribution >= 0.6 is 0 Å². The summed E-state index contributed by atoms with van der Waals surface area (Å²) in [5.41, 5.74) is 3.90. The van der Waals surface area contributed by atoms with Crippen molar-refractivity contribution in [2.24, 2.45) is 0 Å². The van der Waals surface area contributed by atoms with Crippen molar-refractivity contribution in [1.82, 2.24) is 0 Å². The first kappa shape index (κ1) is 12.7. The van der Waals surface area contributed by atoms with Crippen LogP contribution in [-0.4, -0.2) is 7.11 Å². The van der Waals surface area contributed by atoms with Crippen LogP contribution in [0.4, 0.5) is 0 Å². The number of ether oxygens (including phenoxy) is 1. The van der Waals surface area contributed by atoms with Crippen LogP contribution < -0.4 is 4.74 Å². The van der Waals surface area contributed by atoms with Gasteiger partial charge in [-0.25, -0.2) is 0 Å². The van der Waals surface area contributed by atoms with Gasteiger partial charge in [0, 0.05) is 0 Å². The van der Waals surface area contributed by atoms with E-state index in [9.17, 15) is 0 Å². The van der Waals surface area contributed by atoms with Crippen LogP contribution in [0.2, 0.25) is 0 Å². The highest BCUT2D eigenvalue weighted by molar-refractivity contribution is 5.91. The Balaban J connectivity index is 2.24. The van der Waals surface area contributed by atoms with Crippen LogP contribution in [0, 0.1) is 0 Å². The molecule has 0 saturated carbocycles. The molecular weight excluding hydrogens is 244 g/mol. The molecule has 1 nitrogen and oxygen atoms in total.